The Hall–Kier alpha value is -0.980. The second kappa shape index (κ2) is 3.42. The highest BCUT2D eigenvalue weighted by atomic mass is 14.6. The highest BCUT2D eigenvalue weighted by molar-refractivity contribution is 5.32. The smallest absolute Gasteiger partial charge is 0.0345 e. The molecule has 1 nitrogen and oxygen atoms in total. The van der Waals surface area contributed by atoms with Crippen LogP contribution in [0, 0.1) is 5.41 Å². The lowest BCUT2D eigenvalue weighted by Crippen LogP contribution is -2.13. The fourth-order valence-corrected chi connectivity index (χ4v) is 0.967. The zero-order valence-electron chi connectivity index (χ0n) is 7.65. The van der Waals surface area contributed by atoms with E-state index < -0.39 is 0 Å². The molecule has 0 aromatic heterocycles. The first-order valence-corrected chi connectivity index (χ1v) is 3.68. The van der Waals surface area contributed by atoms with Gasteiger partial charge in [0.15, 0.2) is 0 Å². The molecule has 0 bridgehead atoms. The second-order valence-electron chi connectivity index (χ2n) is 3.53. The van der Waals surface area contributed by atoms with Crippen molar-refractivity contribution in [1.82, 2.24) is 0 Å². The summed E-state index contributed by atoms with van der Waals surface area (Å²) in [4.78, 5) is 0. The summed E-state index contributed by atoms with van der Waals surface area (Å²) in [6.45, 7) is 13.6. The Morgan fingerprint density at radius 1 is 1.18 bits per heavy atom. The van der Waals surface area contributed by atoms with E-state index in [-0.39, 0.29) is 5.41 Å². The van der Waals surface area contributed by atoms with Gasteiger partial charge in [0.2, 0.25) is 0 Å². The molecule has 0 saturated carbocycles. The summed E-state index contributed by atoms with van der Waals surface area (Å²) >= 11 is 0. The van der Waals surface area contributed by atoms with Crippen LogP contribution in [0.2, 0.25) is 0 Å². The predicted molar refractivity (Wildman–Crippen MR) is 51.1 cm³/mol. The van der Waals surface area contributed by atoms with Crippen LogP contribution in [0.25, 0.3) is 0 Å². The highest BCUT2D eigenvalue weighted by Crippen LogP contribution is 2.27. The van der Waals surface area contributed by atoms with Crippen LogP contribution in [0.1, 0.15) is 20.8 Å². The normalized spacial score (nSPS) is 13.7. The molecule has 62 valence electrons. The van der Waals surface area contributed by atoms with Gasteiger partial charge in [0, 0.05) is 5.70 Å². The van der Waals surface area contributed by atoms with Crippen LogP contribution in [0.15, 0.2) is 36.6 Å². The Morgan fingerprint density at radius 2 is 1.64 bits per heavy atom. The van der Waals surface area contributed by atoms with Crippen LogP contribution in [-0.2, 0) is 0 Å². The van der Waals surface area contributed by atoms with Crippen LogP contribution in [0.5, 0.6) is 0 Å². The maximum Gasteiger partial charge on any atom is 0.0345 e. The molecule has 0 spiro atoms. The summed E-state index contributed by atoms with van der Waals surface area (Å²) in [5.74, 6) is 0. The van der Waals surface area contributed by atoms with Gasteiger partial charge in [-0.3, -0.25) is 0 Å². The maximum atomic E-state index is 5.70. The van der Waals surface area contributed by atoms with E-state index in [1.807, 2.05) is 0 Å². The largest absolute Gasteiger partial charge is 0.399 e. The van der Waals surface area contributed by atoms with Gasteiger partial charge >= 0.3 is 0 Å². The van der Waals surface area contributed by atoms with Gasteiger partial charge in [-0.05, 0) is 17.1 Å². The van der Waals surface area contributed by atoms with Gasteiger partial charge in [0.1, 0.15) is 0 Å². The van der Waals surface area contributed by atoms with Gasteiger partial charge in [-0.15, -0.1) is 0 Å². The van der Waals surface area contributed by atoms with Crippen LogP contribution in [0.4, 0.5) is 0 Å². The standard InChI is InChI=1S/C10H17N/c1-6-8(9(11)7-2)10(3,4)5/h6-7H,1-2,11H2,3-5H3/b9-8-. The first-order valence-electron chi connectivity index (χ1n) is 3.68. The van der Waals surface area contributed by atoms with Crippen molar-refractivity contribution in [3.05, 3.63) is 36.6 Å². The Morgan fingerprint density at radius 3 is 1.73 bits per heavy atom. The van der Waals surface area contributed by atoms with Crippen LogP contribution >= 0.6 is 0 Å². The molecule has 0 aromatic rings. The van der Waals surface area contributed by atoms with E-state index in [0.29, 0.717) is 5.70 Å². The van der Waals surface area contributed by atoms with Crippen molar-refractivity contribution in [3.63, 3.8) is 0 Å². The maximum absolute atomic E-state index is 5.70. The van der Waals surface area contributed by atoms with Crippen molar-refractivity contribution in [2.45, 2.75) is 20.8 Å². The number of allylic oxidation sites excluding steroid dienone is 3. The van der Waals surface area contributed by atoms with Gasteiger partial charge in [-0.2, -0.15) is 0 Å². The molecule has 0 atom stereocenters. The Balaban J connectivity index is 4.95. The van der Waals surface area contributed by atoms with Crippen molar-refractivity contribution in [2.75, 3.05) is 0 Å². The van der Waals surface area contributed by atoms with Crippen molar-refractivity contribution >= 4 is 0 Å². The van der Waals surface area contributed by atoms with Crippen LogP contribution in [0.3, 0.4) is 0 Å². The second-order valence-corrected chi connectivity index (χ2v) is 3.53. The first kappa shape index (κ1) is 10.0. The lowest BCUT2D eigenvalue weighted by Gasteiger charge is -2.21. The van der Waals surface area contributed by atoms with Gasteiger partial charge < -0.3 is 5.73 Å². The molecule has 1 heteroatoms. The molecular formula is C10H17N. The molecule has 0 radical (unpaired) electrons. The minimum atomic E-state index is 0.0556. The molecule has 0 aliphatic heterocycles. The fraction of sp³-hybridized carbons (Fsp3) is 0.400. The van der Waals surface area contributed by atoms with E-state index in [2.05, 4.69) is 33.9 Å². The zero-order valence-corrected chi connectivity index (χ0v) is 7.65. The topological polar surface area (TPSA) is 26.0 Å². The zero-order chi connectivity index (χ0) is 9.07. The molecule has 0 amide bonds. The summed E-state index contributed by atoms with van der Waals surface area (Å²) in [6, 6.07) is 0. The summed E-state index contributed by atoms with van der Waals surface area (Å²) < 4.78 is 0. The van der Waals surface area contributed by atoms with Crippen molar-refractivity contribution < 1.29 is 0 Å². The quantitative estimate of drug-likeness (QED) is 0.603. The monoisotopic (exact) mass is 151 g/mol. The van der Waals surface area contributed by atoms with E-state index in [1.54, 1.807) is 12.2 Å². The summed E-state index contributed by atoms with van der Waals surface area (Å²) in [5.41, 5.74) is 7.52. The number of hydrogen-bond donors (Lipinski definition) is 1. The van der Waals surface area contributed by atoms with Crippen molar-refractivity contribution in [2.24, 2.45) is 11.1 Å². The predicted octanol–water partition coefficient (Wildman–Crippen LogP) is 2.62. The van der Waals surface area contributed by atoms with E-state index >= 15 is 0 Å². The van der Waals surface area contributed by atoms with Crippen molar-refractivity contribution in [3.8, 4) is 0 Å². The fourth-order valence-electron chi connectivity index (χ4n) is 0.967. The third-order valence-electron chi connectivity index (χ3n) is 1.54. The highest BCUT2D eigenvalue weighted by Gasteiger charge is 2.15. The van der Waals surface area contributed by atoms with Gasteiger partial charge in [0.25, 0.3) is 0 Å². The van der Waals surface area contributed by atoms with Gasteiger partial charge in [-0.1, -0.05) is 40.0 Å². The molecule has 0 aliphatic carbocycles. The average Bonchev–Trinajstić information content (AvgIpc) is 1.86. The first-order chi connectivity index (χ1) is 4.93. The SMILES string of the molecule is C=C/C(N)=C(\C=C)C(C)(C)C. The molecule has 11 heavy (non-hydrogen) atoms. The summed E-state index contributed by atoms with van der Waals surface area (Å²) in [6.07, 6.45) is 3.44. The van der Waals surface area contributed by atoms with E-state index in [1.165, 1.54) is 0 Å². The Kier molecular flexibility index (Phi) is 3.12. The molecule has 0 rings (SSSR count). The average molecular weight is 151 g/mol. The molecule has 0 unspecified atom stereocenters. The lowest BCUT2D eigenvalue weighted by atomic mass is 9.85. The lowest BCUT2D eigenvalue weighted by molar-refractivity contribution is 0.513. The number of nitrogens with two attached hydrogens (primary N) is 1. The third kappa shape index (κ3) is 2.62. The van der Waals surface area contributed by atoms with Crippen molar-refractivity contribution in [1.29, 1.82) is 0 Å². The Bertz CT molecular complexity index is 191. The summed E-state index contributed by atoms with van der Waals surface area (Å²) in [5, 5.41) is 0. The van der Waals surface area contributed by atoms with E-state index in [9.17, 15) is 0 Å². The third-order valence-corrected chi connectivity index (χ3v) is 1.54. The molecule has 0 heterocycles. The number of hydrogen-bond acceptors (Lipinski definition) is 1. The Labute approximate surface area is 69.3 Å². The minimum Gasteiger partial charge on any atom is -0.399 e. The molecule has 2 N–H and O–H groups in total. The minimum absolute atomic E-state index is 0.0556. The summed E-state index contributed by atoms with van der Waals surface area (Å²) in [7, 11) is 0. The van der Waals surface area contributed by atoms with Crippen LogP contribution in [-0.4, -0.2) is 0 Å². The molecular weight excluding hydrogens is 134 g/mol. The molecule has 0 aromatic carbocycles. The molecule has 0 fully saturated rings. The molecule has 0 aliphatic rings. The number of rotatable bonds is 2. The van der Waals surface area contributed by atoms with Gasteiger partial charge in [-0.25, -0.2) is 0 Å². The van der Waals surface area contributed by atoms with Gasteiger partial charge in [0.05, 0.1) is 0 Å². The van der Waals surface area contributed by atoms with E-state index in [4.69, 9.17) is 5.73 Å². The van der Waals surface area contributed by atoms with E-state index in [0.717, 1.165) is 5.57 Å². The van der Waals surface area contributed by atoms with Crippen LogP contribution < -0.4 is 5.73 Å². The molecule has 0 saturated heterocycles.